The molecule has 3 rings (SSSR count). The van der Waals surface area contributed by atoms with Crippen LogP contribution in [-0.2, 0) is 0 Å². The molecule has 0 saturated heterocycles. The number of nitro groups is 1. The third kappa shape index (κ3) is 2.69. The standard InChI is InChI=1S/C15H13N3O3/c1-10(14-8-11-4-2-3-5-13(11)21-14)17-15-7-6-12(9-16-15)18(19)20/h2-10H,1H3,(H,16,17). The molecule has 0 amide bonds. The summed E-state index contributed by atoms with van der Waals surface area (Å²) in [5, 5.41) is 14.8. The Hall–Kier alpha value is -2.89. The molecule has 6 nitrogen and oxygen atoms in total. The molecular weight excluding hydrogens is 270 g/mol. The van der Waals surface area contributed by atoms with E-state index in [0.717, 1.165) is 16.7 Å². The number of hydrogen-bond acceptors (Lipinski definition) is 5. The second-order valence-corrected chi connectivity index (χ2v) is 4.71. The molecule has 1 atom stereocenters. The molecule has 6 heteroatoms. The van der Waals surface area contributed by atoms with E-state index in [0.29, 0.717) is 5.82 Å². The highest BCUT2D eigenvalue weighted by Gasteiger charge is 2.12. The molecule has 0 spiro atoms. The molecule has 2 aromatic heterocycles. The van der Waals surface area contributed by atoms with Crippen molar-refractivity contribution in [1.82, 2.24) is 4.98 Å². The highest BCUT2D eigenvalue weighted by Crippen LogP contribution is 2.25. The Morgan fingerprint density at radius 2 is 2.10 bits per heavy atom. The van der Waals surface area contributed by atoms with Crippen LogP contribution in [0.5, 0.6) is 0 Å². The van der Waals surface area contributed by atoms with Crippen LogP contribution in [0.15, 0.2) is 53.1 Å². The van der Waals surface area contributed by atoms with Gasteiger partial charge in [-0.1, -0.05) is 18.2 Å². The molecule has 0 saturated carbocycles. The normalized spacial score (nSPS) is 12.2. The first-order valence-corrected chi connectivity index (χ1v) is 6.49. The van der Waals surface area contributed by atoms with Gasteiger partial charge in [0.15, 0.2) is 0 Å². The van der Waals surface area contributed by atoms with E-state index in [2.05, 4.69) is 10.3 Å². The van der Waals surface area contributed by atoms with Gasteiger partial charge in [0.25, 0.3) is 5.69 Å². The van der Waals surface area contributed by atoms with Crippen molar-refractivity contribution >= 4 is 22.5 Å². The molecule has 0 aliphatic heterocycles. The fourth-order valence-corrected chi connectivity index (χ4v) is 2.09. The van der Waals surface area contributed by atoms with E-state index in [1.165, 1.54) is 12.3 Å². The van der Waals surface area contributed by atoms with Gasteiger partial charge in [-0.25, -0.2) is 4.98 Å². The largest absolute Gasteiger partial charge is 0.459 e. The van der Waals surface area contributed by atoms with E-state index in [9.17, 15) is 10.1 Å². The van der Waals surface area contributed by atoms with E-state index >= 15 is 0 Å². The van der Waals surface area contributed by atoms with E-state index in [1.54, 1.807) is 6.07 Å². The van der Waals surface area contributed by atoms with Crippen LogP contribution in [-0.4, -0.2) is 9.91 Å². The van der Waals surface area contributed by atoms with Gasteiger partial charge in [0.2, 0.25) is 0 Å². The third-order valence-electron chi connectivity index (χ3n) is 3.19. The number of para-hydroxylation sites is 1. The van der Waals surface area contributed by atoms with Crippen LogP contribution in [0.1, 0.15) is 18.7 Å². The average Bonchev–Trinajstić information content (AvgIpc) is 2.92. The third-order valence-corrected chi connectivity index (χ3v) is 3.19. The van der Waals surface area contributed by atoms with Crippen molar-refractivity contribution in [2.75, 3.05) is 5.32 Å². The predicted molar refractivity (Wildman–Crippen MR) is 79.1 cm³/mol. The maximum absolute atomic E-state index is 10.6. The minimum Gasteiger partial charge on any atom is -0.459 e. The van der Waals surface area contributed by atoms with Crippen molar-refractivity contribution in [1.29, 1.82) is 0 Å². The number of pyridine rings is 1. The predicted octanol–water partition coefficient (Wildman–Crippen LogP) is 3.91. The molecule has 0 fully saturated rings. The van der Waals surface area contributed by atoms with Crippen molar-refractivity contribution in [2.24, 2.45) is 0 Å². The second kappa shape index (κ2) is 5.24. The summed E-state index contributed by atoms with van der Waals surface area (Å²) in [7, 11) is 0. The highest BCUT2D eigenvalue weighted by molar-refractivity contribution is 5.77. The number of hydrogen-bond donors (Lipinski definition) is 1. The number of fused-ring (bicyclic) bond motifs is 1. The fraction of sp³-hybridized carbons (Fsp3) is 0.133. The zero-order valence-electron chi connectivity index (χ0n) is 11.3. The second-order valence-electron chi connectivity index (χ2n) is 4.71. The number of aromatic nitrogens is 1. The quantitative estimate of drug-likeness (QED) is 0.580. The number of nitrogens with zero attached hydrogens (tertiary/aromatic N) is 2. The van der Waals surface area contributed by atoms with Gasteiger partial charge in [-0.05, 0) is 25.1 Å². The lowest BCUT2D eigenvalue weighted by Gasteiger charge is -2.11. The van der Waals surface area contributed by atoms with Gasteiger partial charge < -0.3 is 9.73 Å². The summed E-state index contributed by atoms with van der Waals surface area (Å²) in [6.45, 7) is 1.95. The van der Waals surface area contributed by atoms with E-state index in [1.807, 2.05) is 37.3 Å². The molecule has 1 unspecified atom stereocenters. The molecule has 21 heavy (non-hydrogen) atoms. The van der Waals surface area contributed by atoms with E-state index in [-0.39, 0.29) is 11.7 Å². The Kier molecular flexibility index (Phi) is 3.27. The lowest BCUT2D eigenvalue weighted by Crippen LogP contribution is -2.06. The topological polar surface area (TPSA) is 81.2 Å². The zero-order chi connectivity index (χ0) is 14.8. The summed E-state index contributed by atoms with van der Waals surface area (Å²) in [5.74, 6) is 1.35. The summed E-state index contributed by atoms with van der Waals surface area (Å²) in [4.78, 5) is 14.1. The molecule has 0 aliphatic carbocycles. The first-order chi connectivity index (χ1) is 10.1. The Morgan fingerprint density at radius 1 is 1.29 bits per heavy atom. The first-order valence-electron chi connectivity index (χ1n) is 6.49. The molecule has 0 bridgehead atoms. The Bertz CT molecular complexity index is 747. The molecular formula is C15H13N3O3. The van der Waals surface area contributed by atoms with Crippen molar-refractivity contribution in [2.45, 2.75) is 13.0 Å². The number of furan rings is 1. The van der Waals surface area contributed by atoms with Crippen molar-refractivity contribution in [3.05, 3.63) is 64.5 Å². The minimum absolute atomic E-state index is 0.0306. The lowest BCUT2D eigenvalue weighted by atomic mass is 10.2. The van der Waals surface area contributed by atoms with Gasteiger partial charge in [-0.3, -0.25) is 10.1 Å². The van der Waals surface area contributed by atoms with E-state index in [4.69, 9.17) is 4.42 Å². The minimum atomic E-state index is -0.473. The van der Waals surface area contributed by atoms with Gasteiger partial charge in [-0.15, -0.1) is 0 Å². The van der Waals surface area contributed by atoms with Gasteiger partial charge in [0, 0.05) is 11.5 Å². The summed E-state index contributed by atoms with van der Waals surface area (Å²) < 4.78 is 5.77. The fourth-order valence-electron chi connectivity index (χ4n) is 2.09. The Labute approximate surface area is 120 Å². The van der Waals surface area contributed by atoms with Crippen LogP contribution in [0.25, 0.3) is 11.0 Å². The van der Waals surface area contributed by atoms with Gasteiger partial charge in [0.1, 0.15) is 23.4 Å². The van der Waals surface area contributed by atoms with Crippen molar-refractivity contribution in [3.8, 4) is 0 Å². The monoisotopic (exact) mass is 283 g/mol. The summed E-state index contributed by atoms with van der Waals surface area (Å²) >= 11 is 0. The van der Waals surface area contributed by atoms with Gasteiger partial charge >= 0.3 is 0 Å². The van der Waals surface area contributed by atoms with Crippen LogP contribution in [0.4, 0.5) is 11.5 Å². The smallest absolute Gasteiger partial charge is 0.287 e. The number of nitrogens with one attached hydrogen (secondary N) is 1. The number of anilines is 1. The molecule has 1 aromatic carbocycles. The average molecular weight is 283 g/mol. The SMILES string of the molecule is CC(Nc1ccc([N+](=O)[O-])cn1)c1cc2ccccc2o1. The maximum Gasteiger partial charge on any atom is 0.287 e. The zero-order valence-corrected chi connectivity index (χ0v) is 11.3. The molecule has 3 aromatic rings. The summed E-state index contributed by atoms with van der Waals surface area (Å²) in [6.07, 6.45) is 1.23. The Morgan fingerprint density at radius 3 is 2.76 bits per heavy atom. The van der Waals surface area contributed by atoms with Crippen LogP contribution >= 0.6 is 0 Å². The van der Waals surface area contributed by atoms with Crippen LogP contribution in [0.2, 0.25) is 0 Å². The van der Waals surface area contributed by atoms with Gasteiger partial charge in [-0.2, -0.15) is 0 Å². The van der Waals surface area contributed by atoms with Gasteiger partial charge in [0.05, 0.1) is 11.0 Å². The van der Waals surface area contributed by atoms with Crippen LogP contribution < -0.4 is 5.32 Å². The number of benzene rings is 1. The molecule has 1 N–H and O–H groups in total. The van der Waals surface area contributed by atoms with Crippen molar-refractivity contribution < 1.29 is 9.34 Å². The summed E-state index contributed by atoms with van der Waals surface area (Å²) in [6, 6.07) is 12.7. The summed E-state index contributed by atoms with van der Waals surface area (Å²) in [5.41, 5.74) is 0.801. The molecule has 106 valence electrons. The maximum atomic E-state index is 10.6. The van der Waals surface area contributed by atoms with E-state index < -0.39 is 4.92 Å². The molecule has 0 aliphatic rings. The first kappa shape index (κ1) is 13.1. The van der Waals surface area contributed by atoms with Crippen LogP contribution in [0.3, 0.4) is 0 Å². The van der Waals surface area contributed by atoms with Crippen molar-refractivity contribution in [3.63, 3.8) is 0 Å². The molecule has 0 radical (unpaired) electrons. The highest BCUT2D eigenvalue weighted by atomic mass is 16.6. The number of rotatable bonds is 4. The Balaban J connectivity index is 1.78. The van der Waals surface area contributed by atoms with Crippen LogP contribution in [0, 0.1) is 10.1 Å². The lowest BCUT2D eigenvalue weighted by molar-refractivity contribution is -0.385. The molecule has 2 heterocycles.